The van der Waals surface area contributed by atoms with Crippen molar-refractivity contribution in [2.45, 2.75) is 38.5 Å². The number of aromatic nitrogens is 2. The van der Waals surface area contributed by atoms with E-state index in [2.05, 4.69) is 10.2 Å². The monoisotopic (exact) mass is 373 g/mol. The van der Waals surface area contributed by atoms with E-state index in [4.69, 9.17) is 25.2 Å². The van der Waals surface area contributed by atoms with E-state index in [1.54, 1.807) is 14.2 Å². The molecule has 7 nitrogen and oxygen atoms in total. The Balaban J connectivity index is 1.87. The van der Waals surface area contributed by atoms with E-state index in [0.29, 0.717) is 11.5 Å². The lowest BCUT2D eigenvalue weighted by atomic mass is 10.2. The Bertz CT molecular complexity index is 747. The third-order valence-corrected chi connectivity index (χ3v) is 5.00. The predicted octanol–water partition coefficient (Wildman–Crippen LogP) is 3.18. The smallest absolute Gasteiger partial charge is 0.227 e. The van der Waals surface area contributed by atoms with E-state index in [9.17, 15) is 0 Å². The van der Waals surface area contributed by atoms with Crippen molar-refractivity contribution in [2.24, 2.45) is 5.73 Å². The molecule has 0 aliphatic carbocycles. The van der Waals surface area contributed by atoms with Gasteiger partial charge in [-0.2, -0.15) is 4.98 Å². The number of unbranched alkanes of at least 4 members (excludes halogenated alkanes) is 3. The molecule has 1 aliphatic rings. The van der Waals surface area contributed by atoms with Crippen molar-refractivity contribution in [3.63, 3.8) is 0 Å². The summed E-state index contributed by atoms with van der Waals surface area (Å²) in [5.41, 5.74) is 6.44. The molecule has 0 atom stereocenters. The summed E-state index contributed by atoms with van der Waals surface area (Å²) >= 11 is 0. The lowest BCUT2D eigenvalue weighted by Crippen LogP contribution is -2.21. The van der Waals surface area contributed by atoms with E-state index >= 15 is 0 Å². The molecule has 1 aliphatic heterocycles. The zero-order valence-electron chi connectivity index (χ0n) is 16.5. The lowest BCUT2D eigenvalue weighted by Gasteiger charge is -2.19. The van der Waals surface area contributed by atoms with Gasteiger partial charge in [0.1, 0.15) is 5.82 Å². The number of nitrogens with zero attached hydrogens (tertiary/aromatic N) is 3. The molecule has 0 unspecified atom stereocenters. The van der Waals surface area contributed by atoms with Crippen molar-refractivity contribution in [1.29, 1.82) is 0 Å². The van der Waals surface area contributed by atoms with Gasteiger partial charge in [-0.1, -0.05) is 12.8 Å². The van der Waals surface area contributed by atoms with E-state index in [-0.39, 0.29) is 0 Å². The van der Waals surface area contributed by atoms with E-state index in [0.717, 1.165) is 61.7 Å². The highest BCUT2D eigenvalue weighted by Gasteiger charge is 2.19. The van der Waals surface area contributed by atoms with Gasteiger partial charge in [0.05, 0.1) is 19.7 Å². The number of methoxy groups -OCH3 is 2. The maximum absolute atomic E-state index is 5.56. The number of anilines is 2. The SMILES string of the molecule is COc1cc2nc(N3CCCC3)nc(NCCCCCCN)c2cc1OC. The Labute approximate surface area is 161 Å². The number of hydrogen-bond donors (Lipinski definition) is 2. The first-order valence-corrected chi connectivity index (χ1v) is 9.89. The maximum Gasteiger partial charge on any atom is 0.227 e. The van der Waals surface area contributed by atoms with Crippen LogP contribution in [0.15, 0.2) is 12.1 Å². The minimum atomic E-state index is 0.684. The lowest BCUT2D eigenvalue weighted by molar-refractivity contribution is 0.356. The van der Waals surface area contributed by atoms with Crippen LogP contribution in [0.1, 0.15) is 38.5 Å². The molecule has 148 valence electrons. The number of nitrogens with two attached hydrogens (primary N) is 1. The third-order valence-electron chi connectivity index (χ3n) is 5.00. The molecule has 2 heterocycles. The van der Waals surface area contributed by atoms with Gasteiger partial charge in [-0.3, -0.25) is 0 Å². The predicted molar refractivity (Wildman–Crippen MR) is 110 cm³/mol. The first-order valence-electron chi connectivity index (χ1n) is 9.89. The molecule has 27 heavy (non-hydrogen) atoms. The first-order chi connectivity index (χ1) is 13.3. The van der Waals surface area contributed by atoms with Gasteiger partial charge in [-0.25, -0.2) is 4.98 Å². The first kappa shape index (κ1) is 19.5. The second-order valence-electron chi connectivity index (χ2n) is 6.92. The van der Waals surface area contributed by atoms with Gasteiger partial charge in [-0.05, 0) is 38.3 Å². The number of nitrogens with one attached hydrogen (secondary N) is 1. The fraction of sp³-hybridized carbons (Fsp3) is 0.600. The third kappa shape index (κ3) is 4.71. The van der Waals surface area contributed by atoms with Crippen LogP contribution in [0, 0.1) is 0 Å². The van der Waals surface area contributed by atoms with Gasteiger partial charge < -0.3 is 25.4 Å². The molecule has 3 rings (SSSR count). The largest absolute Gasteiger partial charge is 0.493 e. The molecule has 1 saturated heterocycles. The number of ether oxygens (including phenoxy) is 2. The molecular weight excluding hydrogens is 342 g/mol. The van der Waals surface area contributed by atoms with Crippen molar-refractivity contribution < 1.29 is 9.47 Å². The number of benzene rings is 1. The van der Waals surface area contributed by atoms with Crippen LogP contribution in [-0.2, 0) is 0 Å². The van der Waals surface area contributed by atoms with Gasteiger partial charge in [-0.15, -0.1) is 0 Å². The molecule has 3 N–H and O–H groups in total. The van der Waals surface area contributed by atoms with Crippen molar-refractivity contribution in [1.82, 2.24) is 9.97 Å². The van der Waals surface area contributed by atoms with Gasteiger partial charge >= 0.3 is 0 Å². The number of hydrogen-bond acceptors (Lipinski definition) is 7. The Kier molecular flexibility index (Phi) is 6.92. The normalized spacial score (nSPS) is 14.0. The van der Waals surface area contributed by atoms with E-state index in [1.165, 1.54) is 25.7 Å². The summed E-state index contributed by atoms with van der Waals surface area (Å²) in [7, 11) is 3.29. The molecule has 1 fully saturated rings. The van der Waals surface area contributed by atoms with Crippen LogP contribution in [-0.4, -0.2) is 50.4 Å². The quantitative estimate of drug-likeness (QED) is 0.619. The Morgan fingerprint density at radius 2 is 1.70 bits per heavy atom. The number of fused-ring (bicyclic) bond motifs is 1. The van der Waals surface area contributed by atoms with Gasteiger partial charge in [0.2, 0.25) is 5.95 Å². The second-order valence-corrected chi connectivity index (χ2v) is 6.92. The Morgan fingerprint density at radius 3 is 2.41 bits per heavy atom. The fourth-order valence-electron chi connectivity index (χ4n) is 3.47. The molecule has 7 heteroatoms. The molecular formula is C20H31N5O2. The minimum absolute atomic E-state index is 0.684. The molecule has 0 bridgehead atoms. The van der Waals surface area contributed by atoms with Crippen LogP contribution >= 0.6 is 0 Å². The summed E-state index contributed by atoms with van der Waals surface area (Å²) in [4.78, 5) is 11.9. The van der Waals surface area contributed by atoms with Gasteiger partial charge in [0, 0.05) is 31.1 Å². The Hall–Kier alpha value is -2.28. The molecule has 1 aromatic heterocycles. The molecule has 0 amide bonds. The van der Waals surface area contributed by atoms with Crippen LogP contribution < -0.4 is 25.4 Å². The van der Waals surface area contributed by atoms with Crippen molar-refractivity contribution in [3.05, 3.63) is 12.1 Å². The molecule has 0 radical (unpaired) electrons. The average molecular weight is 374 g/mol. The highest BCUT2D eigenvalue weighted by Crippen LogP contribution is 2.35. The van der Waals surface area contributed by atoms with Crippen LogP contribution in [0.2, 0.25) is 0 Å². The minimum Gasteiger partial charge on any atom is -0.493 e. The summed E-state index contributed by atoms with van der Waals surface area (Å²) in [5.74, 6) is 3.02. The topological polar surface area (TPSA) is 85.5 Å². The van der Waals surface area contributed by atoms with Crippen LogP contribution in [0.25, 0.3) is 10.9 Å². The highest BCUT2D eigenvalue weighted by atomic mass is 16.5. The second kappa shape index (κ2) is 9.60. The van der Waals surface area contributed by atoms with E-state index in [1.807, 2.05) is 12.1 Å². The van der Waals surface area contributed by atoms with Crippen molar-refractivity contribution in [3.8, 4) is 11.5 Å². The zero-order valence-corrected chi connectivity index (χ0v) is 16.5. The molecule has 1 aromatic carbocycles. The van der Waals surface area contributed by atoms with Gasteiger partial charge in [0.15, 0.2) is 11.5 Å². The summed E-state index contributed by atoms with van der Waals surface area (Å²) < 4.78 is 10.9. The summed E-state index contributed by atoms with van der Waals surface area (Å²) in [6.45, 7) is 3.67. The summed E-state index contributed by atoms with van der Waals surface area (Å²) in [6, 6.07) is 3.89. The number of rotatable bonds is 10. The van der Waals surface area contributed by atoms with Gasteiger partial charge in [0.25, 0.3) is 0 Å². The summed E-state index contributed by atoms with van der Waals surface area (Å²) in [6.07, 6.45) is 6.91. The van der Waals surface area contributed by atoms with Crippen molar-refractivity contribution in [2.75, 3.05) is 50.6 Å². The van der Waals surface area contributed by atoms with Crippen LogP contribution in [0.5, 0.6) is 11.5 Å². The standard InChI is InChI=1S/C20H31N5O2/c1-26-17-13-15-16(14-18(17)27-2)23-20(25-11-7-8-12-25)24-19(15)22-10-6-4-3-5-9-21/h13-14H,3-12,21H2,1-2H3,(H,22,23,24). The highest BCUT2D eigenvalue weighted by molar-refractivity contribution is 5.92. The van der Waals surface area contributed by atoms with Crippen LogP contribution in [0.3, 0.4) is 0 Å². The summed E-state index contributed by atoms with van der Waals surface area (Å²) in [5, 5.41) is 4.47. The molecule has 2 aromatic rings. The molecule has 0 spiro atoms. The Morgan fingerprint density at radius 1 is 1.00 bits per heavy atom. The van der Waals surface area contributed by atoms with Crippen molar-refractivity contribution >= 4 is 22.7 Å². The van der Waals surface area contributed by atoms with E-state index < -0.39 is 0 Å². The van der Waals surface area contributed by atoms with Crippen LogP contribution in [0.4, 0.5) is 11.8 Å². The zero-order chi connectivity index (χ0) is 19.1. The maximum atomic E-state index is 5.56. The molecule has 0 saturated carbocycles. The average Bonchev–Trinajstić information content (AvgIpc) is 3.24. The fourth-order valence-corrected chi connectivity index (χ4v) is 3.47.